The van der Waals surface area contributed by atoms with E-state index in [1.165, 1.54) is 0 Å². The van der Waals surface area contributed by atoms with E-state index in [4.69, 9.17) is 21.1 Å². The van der Waals surface area contributed by atoms with Gasteiger partial charge in [0, 0.05) is 0 Å². The molecule has 0 saturated heterocycles. The molecule has 0 bridgehead atoms. The SMILES string of the molecule is CCOc1cc(/C=C2/C(=O)ON=C2C)cc(Cl)c1OCC. The summed E-state index contributed by atoms with van der Waals surface area (Å²) in [5.41, 5.74) is 1.65. The van der Waals surface area contributed by atoms with Crippen LogP contribution in [0.15, 0.2) is 22.9 Å². The van der Waals surface area contributed by atoms with Gasteiger partial charge in [0.2, 0.25) is 0 Å². The van der Waals surface area contributed by atoms with Crippen LogP contribution in [-0.2, 0) is 9.63 Å². The van der Waals surface area contributed by atoms with E-state index in [1.54, 1.807) is 25.1 Å². The fourth-order valence-corrected chi connectivity index (χ4v) is 2.18. The molecule has 1 heterocycles. The zero-order valence-electron chi connectivity index (χ0n) is 12.1. The van der Waals surface area contributed by atoms with Crippen LogP contribution in [0.1, 0.15) is 26.3 Å². The van der Waals surface area contributed by atoms with Gasteiger partial charge in [-0.25, -0.2) is 4.79 Å². The van der Waals surface area contributed by atoms with Crippen LogP contribution in [0.4, 0.5) is 0 Å². The van der Waals surface area contributed by atoms with E-state index in [0.29, 0.717) is 41.0 Å². The Balaban J connectivity index is 2.44. The molecule has 2 rings (SSSR count). The van der Waals surface area contributed by atoms with Gasteiger partial charge in [0.05, 0.1) is 29.5 Å². The normalized spacial score (nSPS) is 15.9. The predicted octanol–water partition coefficient (Wildman–Crippen LogP) is 3.45. The molecule has 0 spiro atoms. The van der Waals surface area contributed by atoms with Gasteiger partial charge in [-0.15, -0.1) is 0 Å². The summed E-state index contributed by atoms with van der Waals surface area (Å²) in [6.07, 6.45) is 1.66. The van der Waals surface area contributed by atoms with Gasteiger partial charge in [-0.2, -0.15) is 0 Å². The number of benzene rings is 1. The fourth-order valence-electron chi connectivity index (χ4n) is 1.90. The Morgan fingerprint density at radius 1 is 1.29 bits per heavy atom. The monoisotopic (exact) mass is 309 g/mol. The molecule has 0 unspecified atom stereocenters. The minimum absolute atomic E-state index is 0.401. The van der Waals surface area contributed by atoms with Gasteiger partial charge >= 0.3 is 5.97 Å². The lowest BCUT2D eigenvalue weighted by Gasteiger charge is -2.13. The van der Waals surface area contributed by atoms with Crippen molar-refractivity contribution in [2.45, 2.75) is 20.8 Å². The molecule has 1 aromatic rings. The van der Waals surface area contributed by atoms with Gasteiger partial charge in [-0.05, 0) is 44.5 Å². The van der Waals surface area contributed by atoms with E-state index >= 15 is 0 Å². The van der Waals surface area contributed by atoms with E-state index in [-0.39, 0.29) is 0 Å². The molecule has 6 heteroatoms. The first-order valence-corrected chi connectivity index (χ1v) is 7.01. The zero-order chi connectivity index (χ0) is 15.4. The minimum Gasteiger partial charge on any atom is -0.490 e. The van der Waals surface area contributed by atoms with Crippen LogP contribution in [0.25, 0.3) is 6.08 Å². The summed E-state index contributed by atoms with van der Waals surface area (Å²) < 4.78 is 11.0. The second-order valence-electron chi connectivity index (χ2n) is 4.31. The molecule has 0 N–H and O–H groups in total. The summed E-state index contributed by atoms with van der Waals surface area (Å²) in [5, 5.41) is 4.06. The molecule has 112 valence electrons. The Labute approximate surface area is 128 Å². The molecule has 0 aliphatic carbocycles. The van der Waals surface area contributed by atoms with Crippen molar-refractivity contribution in [3.05, 3.63) is 28.3 Å². The number of nitrogens with zero attached hydrogens (tertiary/aromatic N) is 1. The third-order valence-electron chi connectivity index (χ3n) is 2.81. The second kappa shape index (κ2) is 6.63. The van der Waals surface area contributed by atoms with Gasteiger partial charge in [0.25, 0.3) is 0 Å². The van der Waals surface area contributed by atoms with Crippen LogP contribution in [-0.4, -0.2) is 24.9 Å². The number of oxime groups is 1. The van der Waals surface area contributed by atoms with Gasteiger partial charge in [0.15, 0.2) is 11.5 Å². The molecule has 1 aromatic carbocycles. The highest BCUT2D eigenvalue weighted by Crippen LogP contribution is 2.37. The number of carbonyl (C=O) groups is 1. The number of ether oxygens (including phenoxy) is 2. The molecule has 0 fully saturated rings. The van der Waals surface area contributed by atoms with E-state index in [2.05, 4.69) is 9.99 Å². The predicted molar refractivity (Wildman–Crippen MR) is 81.0 cm³/mol. The van der Waals surface area contributed by atoms with E-state index in [9.17, 15) is 4.79 Å². The van der Waals surface area contributed by atoms with Crippen molar-refractivity contribution in [2.75, 3.05) is 13.2 Å². The van der Waals surface area contributed by atoms with Crippen molar-refractivity contribution >= 4 is 29.4 Å². The van der Waals surface area contributed by atoms with Gasteiger partial charge in [-0.3, -0.25) is 0 Å². The zero-order valence-corrected chi connectivity index (χ0v) is 12.9. The highest BCUT2D eigenvalue weighted by atomic mass is 35.5. The van der Waals surface area contributed by atoms with E-state index in [0.717, 1.165) is 5.56 Å². The third kappa shape index (κ3) is 3.36. The highest BCUT2D eigenvalue weighted by Gasteiger charge is 2.22. The summed E-state index contributed by atoms with van der Waals surface area (Å²) >= 11 is 6.23. The third-order valence-corrected chi connectivity index (χ3v) is 3.09. The maximum Gasteiger partial charge on any atom is 0.367 e. The lowest BCUT2D eigenvalue weighted by molar-refractivity contribution is -0.136. The van der Waals surface area contributed by atoms with Gasteiger partial charge < -0.3 is 14.3 Å². The van der Waals surface area contributed by atoms with Crippen molar-refractivity contribution in [1.82, 2.24) is 0 Å². The van der Waals surface area contributed by atoms with Crippen molar-refractivity contribution in [3.8, 4) is 11.5 Å². The van der Waals surface area contributed by atoms with Crippen LogP contribution in [0.2, 0.25) is 5.02 Å². The molecule has 0 atom stereocenters. The number of halogens is 1. The van der Waals surface area contributed by atoms with Gasteiger partial charge in [-0.1, -0.05) is 16.8 Å². The first-order chi connectivity index (χ1) is 10.1. The number of rotatable bonds is 5. The molecule has 0 radical (unpaired) electrons. The molecule has 5 nitrogen and oxygen atoms in total. The molecule has 1 aliphatic rings. The average molecular weight is 310 g/mol. The summed E-state index contributed by atoms with van der Waals surface area (Å²) in [5.74, 6) is 0.567. The Hall–Kier alpha value is -2.01. The number of carbonyl (C=O) groups excluding carboxylic acids is 1. The lowest BCUT2D eigenvalue weighted by atomic mass is 10.1. The van der Waals surface area contributed by atoms with Crippen molar-refractivity contribution in [3.63, 3.8) is 0 Å². The quantitative estimate of drug-likeness (QED) is 0.617. The number of hydrogen-bond donors (Lipinski definition) is 0. The molecule has 0 saturated carbocycles. The number of hydrogen-bond acceptors (Lipinski definition) is 5. The van der Waals surface area contributed by atoms with Crippen LogP contribution in [0.3, 0.4) is 0 Å². The lowest BCUT2D eigenvalue weighted by Crippen LogP contribution is -2.02. The average Bonchev–Trinajstić information content (AvgIpc) is 2.75. The maximum absolute atomic E-state index is 11.6. The second-order valence-corrected chi connectivity index (χ2v) is 4.72. The Bertz CT molecular complexity index is 622. The van der Waals surface area contributed by atoms with Crippen molar-refractivity contribution in [2.24, 2.45) is 5.16 Å². The highest BCUT2D eigenvalue weighted by molar-refractivity contribution is 6.32. The summed E-state index contributed by atoms with van der Waals surface area (Å²) in [6.45, 7) is 6.42. The topological polar surface area (TPSA) is 57.1 Å². The summed E-state index contributed by atoms with van der Waals surface area (Å²) in [4.78, 5) is 16.2. The standard InChI is InChI=1S/C15H16ClNO4/c1-4-19-13-8-10(7-12(16)14(13)20-5-2)6-11-9(3)17-21-15(11)18/h6-8H,4-5H2,1-3H3/b11-6+. The molecular formula is C15H16ClNO4. The largest absolute Gasteiger partial charge is 0.490 e. The Morgan fingerprint density at radius 2 is 2.00 bits per heavy atom. The summed E-state index contributed by atoms with van der Waals surface area (Å²) in [7, 11) is 0. The van der Waals surface area contributed by atoms with Crippen molar-refractivity contribution < 1.29 is 19.1 Å². The van der Waals surface area contributed by atoms with Crippen LogP contribution < -0.4 is 9.47 Å². The molecular weight excluding hydrogens is 294 g/mol. The first-order valence-electron chi connectivity index (χ1n) is 6.64. The Kier molecular flexibility index (Phi) is 4.85. The van der Waals surface area contributed by atoms with Gasteiger partial charge in [0.1, 0.15) is 0 Å². The van der Waals surface area contributed by atoms with Crippen LogP contribution in [0, 0.1) is 0 Å². The van der Waals surface area contributed by atoms with Crippen molar-refractivity contribution in [1.29, 1.82) is 0 Å². The molecule has 21 heavy (non-hydrogen) atoms. The molecule has 0 aromatic heterocycles. The molecule has 0 amide bonds. The minimum atomic E-state index is -0.476. The maximum atomic E-state index is 11.6. The first kappa shape index (κ1) is 15.4. The van der Waals surface area contributed by atoms with E-state index < -0.39 is 5.97 Å². The summed E-state index contributed by atoms with van der Waals surface area (Å²) in [6, 6.07) is 3.48. The Morgan fingerprint density at radius 3 is 2.57 bits per heavy atom. The van der Waals surface area contributed by atoms with E-state index in [1.807, 2.05) is 13.8 Å². The molecule has 1 aliphatic heterocycles. The smallest absolute Gasteiger partial charge is 0.367 e. The van der Waals surface area contributed by atoms with Crippen LogP contribution in [0.5, 0.6) is 11.5 Å². The fraction of sp³-hybridized carbons (Fsp3) is 0.333. The van der Waals surface area contributed by atoms with Crippen LogP contribution >= 0.6 is 11.6 Å².